The Hall–Kier alpha value is -2.98. The minimum Gasteiger partial charge on any atom is -0.486 e. The maximum Gasteiger partial charge on any atom is 0.251 e. The van der Waals surface area contributed by atoms with E-state index in [9.17, 15) is 8.78 Å². The first-order valence-corrected chi connectivity index (χ1v) is 13.7. The van der Waals surface area contributed by atoms with E-state index in [2.05, 4.69) is 4.98 Å². The van der Waals surface area contributed by atoms with Crippen molar-refractivity contribution in [3.8, 4) is 11.5 Å². The molecule has 1 atom stereocenters. The maximum atomic E-state index is 12.7. The van der Waals surface area contributed by atoms with E-state index < -0.39 is 18.3 Å². The number of alkyl halides is 2. The highest BCUT2D eigenvalue weighted by Crippen LogP contribution is 2.39. The van der Waals surface area contributed by atoms with Gasteiger partial charge in [-0.15, -0.1) is 0 Å². The summed E-state index contributed by atoms with van der Waals surface area (Å²) in [5, 5.41) is 9.76. The molecule has 2 aliphatic rings. The van der Waals surface area contributed by atoms with Gasteiger partial charge in [-0.25, -0.2) is 8.78 Å². The highest BCUT2D eigenvalue weighted by atomic mass is 35.5. The fourth-order valence-corrected chi connectivity index (χ4v) is 5.75. The number of aryl methyl sites for hydroxylation is 1. The van der Waals surface area contributed by atoms with Crippen molar-refractivity contribution < 1.29 is 23.0 Å². The lowest BCUT2D eigenvalue weighted by Crippen LogP contribution is -2.51. The second kappa shape index (κ2) is 11.5. The molecule has 0 bridgehead atoms. The number of pyridine rings is 1. The molecule has 40 heavy (non-hydrogen) atoms. The number of anilines is 1. The Bertz CT molecular complexity index is 1430. The quantitative estimate of drug-likeness (QED) is 0.232. The lowest BCUT2D eigenvalue weighted by molar-refractivity contribution is -0.229. The molecular weight excluding hydrogens is 561 g/mol. The van der Waals surface area contributed by atoms with E-state index in [1.807, 2.05) is 19.1 Å². The van der Waals surface area contributed by atoms with E-state index in [4.69, 9.17) is 48.6 Å². The van der Waals surface area contributed by atoms with Crippen LogP contribution in [-0.2, 0) is 11.3 Å². The van der Waals surface area contributed by atoms with Gasteiger partial charge in [0, 0.05) is 60.1 Å². The summed E-state index contributed by atoms with van der Waals surface area (Å²) in [5.41, 5.74) is 10.2. The molecule has 1 spiro atoms. The number of nitrogen functional groups attached to an aromatic ring is 1. The summed E-state index contributed by atoms with van der Waals surface area (Å²) in [6, 6.07) is 10.6. The second-order valence-electron chi connectivity index (χ2n) is 10.1. The van der Waals surface area contributed by atoms with Gasteiger partial charge in [-0.05, 0) is 50.2 Å². The van der Waals surface area contributed by atoms with Crippen LogP contribution in [0, 0.1) is 12.3 Å². The fourth-order valence-electron chi connectivity index (χ4n) is 5.10. The van der Waals surface area contributed by atoms with Crippen LogP contribution in [0.15, 0.2) is 42.6 Å². The first-order chi connectivity index (χ1) is 19.0. The Labute approximate surface area is 241 Å². The molecule has 2 aromatic carbocycles. The van der Waals surface area contributed by atoms with Gasteiger partial charge in [0.1, 0.15) is 17.6 Å². The van der Waals surface area contributed by atoms with Crippen molar-refractivity contribution in [2.75, 3.05) is 25.4 Å². The van der Waals surface area contributed by atoms with E-state index in [1.54, 1.807) is 42.3 Å². The van der Waals surface area contributed by atoms with Crippen LogP contribution in [0.4, 0.5) is 14.5 Å². The zero-order chi connectivity index (χ0) is 28.6. The topological polar surface area (TPSA) is 93.7 Å². The Morgan fingerprint density at radius 1 is 1.20 bits per heavy atom. The number of likely N-dealkylation sites (tertiary alicyclic amines) is 1. The summed E-state index contributed by atoms with van der Waals surface area (Å²) in [6.45, 7) is 4.67. The van der Waals surface area contributed by atoms with E-state index in [-0.39, 0.29) is 12.3 Å². The molecule has 1 saturated heterocycles. The van der Waals surface area contributed by atoms with Crippen molar-refractivity contribution >= 4 is 34.6 Å². The number of hydrogen-bond donors (Lipinski definition) is 2. The number of hydrogen-bond acceptors (Lipinski definition) is 7. The second-order valence-corrected chi connectivity index (χ2v) is 10.9. The van der Waals surface area contributed by atoms with E-state index in [0.717, 1.165) is 5.56 Å². The number of aromatic nitrogens is 1. The minimum atomic E-state index is -2.36. The third-order valence-corrected chi connectivity index (χ3v) is 8.12. The van der Waals surface area contributed by atoms with Crippen molar-refractivity contribution in [3.05, 3.63) is 80.6 Å². The van der Waals surface area contributed by atoms with Gasteiger partial charge in [0.25, 0.3) is 6.43 Å². The van der Waals surface area contributed by atoms with E-state index >= 15 is 0 Å². The Morgan fingerprint density at radius 3 is 2.67 bits per heavy atom. The predicted molar refractivity (Wildman–Crippen MR) is 151 cm³/mol. The number of nitrogens with two attached hydrogens (primary N) is 1. The summed E-state index contributed by atoms with van der Waals surface area (Å²) in [7, 11) is 0. The largest absolute Gasteiger partial charge is 0.486 e. The summed E-state index contributed by atoms with van der Waals surface area (Å²) in [5.74, 6) is 0.366. The molecular formula is C29H30Cl2F2N4O3. The smallest absolute Gasteiger partial charge is 0.251 e. The number of rotatable bonds is 7. The average molecular weight is 591 g/mol. The van der Waals surface area contributed by atoms with Gasteiger partial charge in [-0.3, -0.25) is 15.3 Å². The number of nitrogens with one attached hydrogen (secondary N) is 1. The molecule has 3 aromatic rings. The Balaban J connectivity index is 1.31. The van der Waals surface area contributed by atoms with Gasteiger partial charge in [0.15, 0.2) is 0 Å². The van der Waals surface area contributed by atoms with Crippen LogP contribution in [-0.4, -0.2) is 47.4 Å². The van der Waals surface area contributed by atoms with Gasteiger partial charge in [-0.2, -0.15) is 0 Å². The third-order valence-electron chi connectivity index (χ3n) is 7.35. The van der Waals surface area contributed by atoms with E-state index in [0.29, 0.717) is 82.2 Å². The average Bonchev–Trinajstić information content (AvgIpc) is 2.92. The molecule has 1 aromatic heterocycles. The maximum absolute atomic E-state index is 12.7. The van der Waals surface area contributed by atoms with E-state index in [1.165, 1.54) is 0 Å². The predicted octanol–water partition coefficient (Wildman–Crippen LogP) is 6.80. The number of nitrogens with zero attached hydrogens (tertiary/aromatic N) is 2. The molecule has 212 valence electrons. The molecule has 3 heterocycles. The molecule has 2 aliphatic heterocycles. The third kappa shape index (κ3) is 5.88. The van der Waals surface area contributed by atoms with Gasteiger partial charge in [0.05, 0.1) is 34.6 Å². The van der Waals surface area contributed by atoms with Crippen LogP contribution in [0.1, 0.15) is 53.8 Å². The SMILES string of the molecule is Cc1ncc(Cl)c([C@@H](C)Oc2ccc(N)c(C(=N)c3ccc4c(c3)COC3(CCN(CC(F)F)CC3)O4)c2)c1Cl. The van der Waals surface area contributed by atoms with Crippen molar-refractivity contribution in [1.29, 1.82) is 5.41 Å². The lowest BCUT2D eigenvalue weighted by atomic mass is 9.97. The van der Waals surface area contributed by atoms with Crippen LogP contribution >= 0.6 is 23.2 Å². The van der Waals surface area contributed by atoms with Crippen molar-refractivity contribution in [3.63, 3.8) is 0 Å². The van der Waals surface area contributed by atoms with Crippen LogP contribution in [0.3, 0.4) is 0 Å². The Kier molecular flexibility index (Phi) is 8.20. The normalized spacial score (nSPS) is 17.4. The zero-order valence-corrected chi connectivity index (χ0v) is 23.7. The van der Waals surface area contributed by atoms with Gasteiger partial charge < -0.3 is 19.9 Å². The number of halogens is 4. The first kappa shape index (κ1) is 28.5. The highest BCUT2D eigenvalue weighted by Gasteiger charge is 2.41. The molecule has 1 fully saturated rings. The van der Waals surface area contributed by atoms with Crippen molar-refractivity contribution in [2.45, 2.75) is 51.6 Å². The van der Waals surface area contributed by atoms with Crippen LogP contribution in [0.5, 0.6) is 11.5 Å². The molecule has 5 rings (SSSR count). The summed E-state index contributed by atoms with van der Waals surface area (Å²) >= 11 is 12.8. The molecule has 7 nitrogen and oxygen atoms in total. The Morgan fingerprint density at radius 2 is 1.95 bits per heavy atom. The van der Waals surface area contributed by atoms with Gasteiger partial charge in [0.2, 0.25) is 5.79 Å². The first-order valence-electron chi connectivity index (χ1n) is 13.0. The molecule has 0 amide bonds. The number of fused-ring (bicyclic) bond motifs is 1. The highest BCUT2D eigenvalue weighted by molar-refractivity contribution is 6.36. The lowest BCUT2D eigenvalue weighted by Gasteiger charge is -2.44. The summed E-state index contributed by atoms with van der Waals surface area (Å²) < 4.78 is 44.0. The number of benzene rings is 2. The van der Waals surface area contributed by atoms with Crippen LogP contribution in [0.25, 0.3) is 0 Å². The molecule has 0 saturated carbocycles. The molecule has 3 N–H and O–H groups in total. The molecule has 11 heteroatoms. The minimum absolute atomic E-state index is 0.217. The fraction of sp³-hybridized carbons (Fsp3) is 0.379. The number of ether oxygens (including phenoxy) is 3. The van der Waals surface area contributed by atoms with Crippen molar-refractivity contribution in [2.24, 2.45) is 0 Å². The summed E-state index contributed by atoms with van der Waals surface area (Å²) in [4.78, 5) is 5.90. The monoisotopic (exact) mass is 590 g/mol. The number of piperidine rings is 1. The van der Waals surface area contributed by atoms with Gasteiger partial charge in [-0.1, -0.05) is 23.2 Å². The molecule has 0 radical (unpaired) electrons. The molecule has 0 unspecified atom stereocenters. The standard InChI is InChI=1S/C29H30Cl2F2N4O3/c1-16-27(31)26(22(30)13-36-16)17(2)39-20-4-5-23(34)21(12-20)28(35)18-3-6-24-19(11-18)15-38-29(40-24)7-9-37(10-8-29)14-25(32)33/h3-6,11-13,17,25,35H,7-10,14-15,34H2,1-2H3/t17-/m1/s1. The zero-order valence-electron chi connectivity index (χ0n) is 22.1. The van der Waals surface area contributed by atoms with Crippen LogP contribution < -0.4 is 15.2 Å². The van der Waals surface area contributed by atoms with Crippen molar-refractivity contribution in [1.82, 2.24) is 9.88 Å². The summed E-state index contributed by atoms with van der Waals surface area (Å²) in [6.07, 6.45) is -0.268. The van der Waals surface area contributed by atoms with Crippen LogP contribution in [0.2, 0.25) is 10.0 Å². The molecule has 0 aliphatic carbocycles. The van der Waals surface area contributed by atoms with Gasteiger partial charge >= 0.3 is 0 Å².